The van der Waals surface area contributed by atoms with E-state index in [1.54, 1.807) is 0 Å². The highest BCUT2D eigenvalue weighted by molar-refractivity contribution is 6.83. The van der Waals surface area contributed by atoms with E-state index in [1.807, 2.05) is 0 Å². The summed E-state index contributed by atoms with van der Waals surface area (Å²) >= 11 is 0. The summed E-state index contributed by atoms with van der Waals surface area (Å²) in [4.78, 5) is 2.37. The Morgan fingerprint density at radius 2 is 1.49 bits per heavy atom. The van der Waals surface area contributed by atoms with Crippen LogP contribution in [-0.2, 0) is 13.6 Å². The van der Waals surface area contributed by atoms with Crippen LogP contribution in [-0.4, -0.2) is 172 Å². The van der Waals surface area contributed by atoms with E-state index in [9.17, 15) is 5.11 Å². The molecule has 39 heavy (non-hydrogen) atoms. The summed E-state index contributed by atoms with van der Waals surface area (Å²) in [5.74, 6) is 0.497. The van der Waals surface area contributed by atoms with Crippen molar-refractivity contribution in [1.82, 2.24) is 9.47 Å². The maximum Gasteiger partial charge on any atom is 0.254 e. The van der Waals surface area contributed by atoms with Gasteiger partial charge in [-0.2, -0.15) is 0 Å². The second kappa shape index (κ2) is 16.1. The second-order valence-corrected chi connectivity index (χ2v) is 22.8. The Balaban J connectivity index is 1.77. The predicted molar refractivity (Wildman–Crippen MR) is 165 cm³/mol. The fraction of sp³-hybridized carbons (Fsp3) is 1.00. The fourth-order valence-electron chi connectivity index (χ4n) is 5.76. The highest BCUT2D eigenvalue weighted by Crippen LogP contribution is 2.26. The Bertz CT molecular complexity index is 689. The molecule has 0 aromatic heterocycles. The molecule has 2 rings (SSSR count). The standard InChI is InChI=1S/C28H64N4O5Si2/c1-31(2)15-11-27(25-35-20-9-19-33)23-30(14-18-31)39(7,8)37-38(5,6)22-10-21-36-26-28(34)24-29-12-16-32(3,4)17-13-29/h27-28,33-34H,9-26H2,1-8H3/q+2. The van der Waals surface area contributed by atoms with Gasteiger partial charge in [0.2, 0.25) is 0 Å². The smallest absolute Gasteiger partial charge is 0.254 e. The Labute approximate surface area is 242 Å². The minimum atomic E-state index is -2.07. The number of aliphatic hydroxyl groups excluding tert-OH is 2. The molecule has 2 fully saturated rings. The van der Waals surface area contributed by atoms with Crippen LogP contribution in [0, 0.1) is 5.92 Å². The first-order valence-corrected chi connectivity index (χ1v) is 21.4. The molecular weight excluding hydrogens is 529 g/mol. The van der Waals surface area contributed by atoms with Gasteiger partial charge >= 0.3 is 0 Å². The molecule has 0 aromatic carbocycles. The topological polar surface area (TPSA) is 74.6 Å². The first-order chi connectivity index (χ1) is 18.1. The Kier molecular flexibility index (Phi) is 14.5. The van der Waals surface area contributed by atoms with Crippen LogP contribution in [0.1, 0.15) is 19.3 Å². The van der Waals surface area contributed by atoms with Crippen LogP contribution in [0.15, 0.2) is 0 Å². The molecule has 0 radical (unpaired) electrons. The summed E-state index contributed by atoms with van der Waals surface area (Å²) in [6.45, 7) is 21.7. The summed E-state index contributed by atoms with van der Waals surface area (Å²) in [6.07, 6.45) is 2.44. The van der Waals surface area contributed by atoms with E-state index >= 15 is 0 Å². The third-order valence-corrected chi connectivity index (χ3v) is 16.3. The van der Waals surface area contributed by atoms with Gasteiger partial charge in [0, 0.05) is 52.4 Å². The molecule has 0 bridgehead atoms. The summed E-state index contributed by atoms with van der Waals surface area (Å²) in [7, 11) is 5.29. The molecule has 0 amide bonds. The van der Waals surface area contributed by atoms with Crippen molar-refractivity contribution in [2.24, 2.45) is 5.92 Å². The Morgan fingerprint density at radius 3 is 2.15 bits per heavy atom. The quantitative estimate of drug-likeness (QED) is 0.161. The van der Waals surface area contributed by atoms with Crippen molar-refractivity contribution in [3.05, 3.63) is 0 Å². The lowest BCUT2D eigenvalue weighted by Gasteiger charge is -2.46. The van der Waals surface area contributed by atoms with E-state index in [4.69, 9.17) is 18.7 Å². The molecular formula is C28H64N4O5Si2+2. The van der Waals surface area contributed by atoms with Gasteiger partial charge in [-0.25, -0.2) is 0 Å². The maximum atomic E-state index is 10.5. The van der Waals surface area contributed by atoms with Crippen molar-refractivity contribution < 1.29 is 32.8 Å². The Morgan fingerprint density at radius 1 is 0.872 bits per heavy atom. The number of aliphatic hydroxyl groups is 2. The molecule has 2 N–H and O–H groups in total. The zero-order valence-corrected chi connectivity index (χ0v) is 28.8. The number of piperazine rings is 1. The van der Waals surface area contributed by atoms with E-state index in [-0.39, 0.29) is 6.61 Å². The van der Waals surface area contributed by atoms with Gasteiger partial charge in [-0.1, -0.05) is 0 Å². The van der Waals surface area contributed by atoms with Crippen LogP contribution in [0.5, 0.6) is 0 Å². The average Bonchev–Trinajstić information content (AvgIpc) is 2.81. The number of rotatable bonds is 16. The van der Waals surface area contributed by atoms with Gasteiger partial charge in [0.15, 0.2) is 8.32 Å². The van der Waals surface area contributed by atoms with Gasteiger partial charge in [0.05, 0.1) is 73.7 Å². The van der Waals surface area contributed by atoms with E-state index in [1.165, 1.54) is 6.54 Å². The highest BCUT2D eigenvalue weighted by Gasteiger charge is 2.40. The second-order valence-electron chi connectivity index (χ2n) is 14.5. The lowest BCUT2D eigenvalue weighted by Crippen LogP contribution is -2.62. The number of nitrogens with zero attached hydrogens (tertiary/aromatic N) is 4. The van der Waals surface area contributed by atoms with Crippen LogP contribution in [0.25, 0.3) is 0 Å². The normalized spacial score (nSPS) is 24.3. The minimum absolute atomic E-state index is 0.191. The highest BCUT2D eigenvalue weighted by atomic mass is 28.4. The van der Waals surface area contributed by atoms with E-state index in [0.29, 0.717) is 38.7 Å². The van der Waals surface area contributed by atoms with E-state index in [0.717, 1.165) is 80.3 Å². The van der Waals surface area contributed by atoms with E-state index in [2.05, 4.69) is 63.8 Å². The molecule has 2 unspecified atom stereocenters. The molecule has 11 heteroatoms. The third kappa shape index (κ3) is 14.2. The largest absolute Gasteiger partial charge is 0.444 e. The van der Waals surface area contributed by atoms with Gasteiger partial charge in [-0.05, 0) is 57.5 Å². The lowest BCUT2D eigenvalue weighted by atomic mass is 10.0. The van der Waals surface area contributed by atoms with Crippen LogP contribution in [0.2, 0.25) is 32.2 Å². The van der Waals surface area contributed by atoms with Gasteiger partial charge in [-0.3, -0.25) is 9.47 Å². The fourth-order valence-corrected chi connectivity index (χ4v) is 14.4. The van der Waals surface area contributed by atoms with Crippen LogP contribution >= 0.6 is 0 Å². The van der Waals surface area contributed by atoms with Crippen LogP contribution in [0.3, 0.4) is 0 Å². The minimum Gasteiger partial charge on any atom is -0.444 e. The van der Waals surface area contributed by atoms with Crippen molar-refractivity contribution in [2.45, 2.75) is 57.6 Å². The summed E-state index contributed by atoms with van der Waals surface area (Å²) in [6, 6.07) is 1.07. The maximum absolute atomic E-state index is 10.5. The van der Waals surface area contributed by atoms with Gasteiger partial charge in [0.1, 0.15) is 0 Å². The van der Waals surface area contributed by atoms with Crippen molar-refractivity contribution in [3.8, 4) is 0 Å². The molecule has 0 saturated carbocycles. The summed E-state index contributed by atoms with van der Waals surface area (Å²) < 4.78 is 23.7. The van der Waals surface area contributed by atoms with Gasteiger partial charge < -0.3 is 32.8 Å². The zero-order chi connectivity index (χ0) is 29.2. The van der Waals surface area contributed by atoms with Crippen molar-refractivity contribution in [1.29, 1.82) is 0 Å². The van der Waals surface area contributed by atoms with Crippen LogP contribution in [0.4, 0.5) is 0 Å². The number of β-amino-alcohol motifs (C(OH)–C–C–N with tert-alkyl or cyclic N) is 1. The molecule has 0 aromatic rings. The molecule has 2 atom stereocenters. The number of hydrogen-bond donors (Lipinski definition) is 2. The summed E-state index contributed by atoms with van der Waals surface area (Å²) in [5.41, 5.74) is 0. The molecule has 2 aliphatic heterocycles. The van der Waals surface area contributed by atoms with Gasteiger partial charge in [-0.15, -0.1) is 0 Å². The molecule has 2 aliphatic rings. The molecule has 2 heterocycles. The first-order valence-electron chi connectivity index (χ1n) is 15.4. The SMILES string of the molecule is C[N+]1(C)CCN(CC(O)COCCC[Si](C)(C)O[Si](C)(C)N2CC[N+](C)(C)CCC(COCCCO)C2)CC1. The van der Waals surface area contributed by atoms with Crippen molar-refractivity contribution in [2.75, 3.05) is 120 Å². The van der Waals surface area contributed by atoms with Crippen molar-refractivity contribution >= 4 is 16.8 Å². The number of ether oxygens (including phenoxy) is 2. The number of quaternary nitrogens is 2. The van der Waals surface area contributed by atoms with E-state index < -0.39 is 22.9 Å². The zero-order valence-electron chi connectivity index (χ0n) is 26.8. The first kappa shape index (κ1) is 35.3. The number of hydrogen-bond acceptors (Lipinski definition) is 7. The summed E-state index contributed by atoms with van der Waals surface area (Å²) in [5, 5.41) is 19.5. The molecule has 0 spiro atoms. The molecule has 232 valence electrons. The molecule has 2 saturated heterocycles. The number of likely N-dealkylation sites (N-methyl/N-ethyl adjacent to an activating group) is 2. The average molecular weight is 593 g/mol. The third-order valence-electron chi connectivity index (χ3n) is 8.57. The van der Waals surface area contributed by atoms with Crippen LogP contribution < -0.4 is 0 Å². The molecule has 9 nitrogen and oxygen atoms in total. The van der Waals surface area contributed by atoms with Crippen molar-refractivity contribution in [3.63, 3.8) is 0 Å². The monoisotopic (exact) mass is 592 g/mol. The Hall–Kier alpha value is 0.0738. The predicted octanol–water partition coefficient (Wildman–Crippen LogP) is 1.87. The van der Waals surface area contributed by atoms with Gasteiger partial charge in [0.25, 0.3) is 8.48 Å². The molecule has 0 aliphatic carbocycles. The lowest BCUT2D eigenvalue weighted by molar-refractivity contribution is -0.894.